The first-order valence-corrected chi connectivity index (χ1v) is 10.5. The van der Waals surface area contributed by atoms with Crippen molar-refractivity contribution >= 4 is 35.6 Å². The number of aryl methyl sites for hydroxylation is 2. The van der Waals surface area contributed by atoms with E-state index in [0.29, 0.717) is 6.54 Å². The summed E-state index contributed by atoms with van der Waals surface area (Å²) in [4.78, 5) is 9.19. The lowest BCUT2D eigenvalue weighted by Crippen LogP contribution is -2.39. The molecule has 0 radical (unpaired) electrons. The molecule has 0 aliphatic heterocycles. The number of rotatable bonds is 9. The Labute approximate surface area is 207 Å². The van der Waals surface area contributed by atoms with Crippen LogP contribution in [0.4, 0.5) is 5.69 Å². The minimum absolute atomic E-state index is 0. The van der Waals surface area contributed by atoms with E-state index in [1.165, 1.54) is 5.69 Å². The minimum Gasteiger partial charge on any atom is -0.375 e. The Morgan fingerprint density at radius 1 is 1.12 bits per heavy atom. The first-order valence-electron chi connectivity index (χ1n) is 10.5. The quantitative estimate of drug-likeness (QED) is 0.191. The number of nitrogens with one attached hydrogen (secondary N) is 1. The molecule has 0 fully saturated rings. The van der Waals surface area contributed by atoms with Crippen molar-refractivity contribution in [1.82, 2.24) is 34.8 Å². The van der Waals surface area contributed by atoms with Crippen molar-refractivity contribution in [2.24, 2.45) is 19.1 Å². The average molecular weight is 551 g/mol. The van der Waals surface area contributed by atoms with Crippen LogP contribution in [0.15, 0.2) is 47.7 Å². The number of aromatic nitrogens is 5. The summed E-state index contributed by atoms with van der Waals surface area (Å²) in [6, 6.07) is 10.4. The number of hydrogen-bond donors (Lipinski definition) is 1. The van der Waals surface area contributed by atoms with Gasteiger partial charge in [-0.1, -0.05) is 18.2 Å². The van der Waals surface area contributed by atoms with Gasteiger partial charge in [-0.15, -0.1) is 34.2 Å². The number of anilines is 1. The van der Waals surface area contributed by atoms with Crippen molar-refractivity contribution in [2.45, 2.75) is 26.4 Å². The molecule has 2 aromatic heterocycles. The smallest absolute Gasteiger partial charge is 0.194 e. The van der Waals surface area contributed by atoms with Gasteiger partial charge in [0, 0.05) is 65.3 Å². The van der Waals surface area contributed by atoms with Gasteiger partial charge < -0.3 is 19.7 Å². The van der Waals surface area contributed by atoms with Gasteiger partial charge in [0.1, 0.15) is 12.4 Å². The van der Waals surface area contributed by atoms with E-state index >= 15 is 0 Å². The molecule has 1 aromatic carbocycles. The molecule has 0 aliphatic carbocycles. The molecule has 32 heavy (non-hydrogen) atoms. The van der Waals surface area contributed by atoms with E-state index in [0.717, 1.165) is 49.2 Å². The summed E-state index contributed by atoms with van der Waals surface area (Å²) in [5.41, 5.74) is 2.36. The fourth-order valence-electron chi connectivity index (χ4n) is 3.28. The Morgan fingerprint density at radius 2 is 1.88 bits per heavy atom. The fourth-order valence-corrected chi connectivity index (χ4v) is 3.28. The van der Waals surface area contributed by atoms with Crippen molar-refractivity contribution < 1.29 is 0 Å². The van der Waals surface area contributed by atoms with Crippen molar-refractivity contribution in [2.75, 3.05) is 32.1 Å². The van der Waals surface area contributed by atoms with E-state index < -0.39 is 0 Å². The first-order chi connectivity index (χ1) is 14.9. The van der Waals surface area contributed by atoms with Gasteiger partial charge in [0.15, 0.2) is 11.8 Å². The average Bonchev–Trinajstić information content (AvgIpc) is 3.32. The summed E-state index contributed by atoms with van der Waals surface area (Å²) in [5.74, 6) is 2.56. The minimum atomic E-state index is 0. The van der Waals surface area contributed by atoms with Crippen LogP contribution in [0, 0.1) is 6.92 Å². The number of benzene rings is 1. The molecule has 1 N–H and O–H groups in total. The Kier molecular flexibility index (Phi) is 9.95. The second-order valence-electron chi connectivity index (χ2n) is 7.78. The molecule has 10 heteroatoms. The zero-order valence-electron chi connectivity index (χ0n) is 19.6. The highest BCUT2D eigenvalue weighted by molar-refractivity contribution is 14.0. The predicted octanol–water partition coefficient (Wildman–Crippen LogP) is 2.58. The number of para-hydroxylation sites is 1. The maximum Gasteiger partial charge on any atom is 0.194 e. The highest BCUT2D eigenvalue weighted by Gasteiger charge is 2.11. The summed E-state index contributed by atoms with van der Waals surface area (Å²) in [7, 11) is 8.05. The maximum atomic E-state index is 4.81. The molecule has 0 aliphatic rings. The van der Waals surface area contributed by atoms with Crippen molar-refractivity contribution in [1.29, 1.82) is 0 Å². The van der Waals surface area contributed by atoms with Gasteiger partial charge >= 0.3 is 0 Å². The molecule has 0 unspecified atom stereocenters. The normalized spacial score (nSPS) is 11.2. The molecule has 174 valence electrons. The summed E-state index contributed by atoms with van der Waals surface area (Å²) in [5, 5.41) is 16.1. The summed E-state index contributed by atoms with van der Waals surface area (Å²) < 4.78 is 3.78. The number of halogens is 1. The Hall–Kier alpha value is -2.63. The molecule has 0 spiro atoms. The zero-order valence-corrected chi connectivity index (χ0v) is 21.9. The van der Waals surface area contributed by atoms with Gasteiger partial charge in [-0.05, 0) is 25.5 Å². The van der Waals surface area contributed by atoms with Crippen LogP contribution in [0.25, 0.3) is 0 Å². The number of aliphatic imine (C=N–C) groups is 1. The van der Waals surface area contributed by atoms with Crippen LogP contribution in [-0.4, -0.2) is 62.6 Å². The Bertz CT molecular complexity index is 980. The molecule has 9 nitrogen and oxygen atoms in total. The van der Waals surface area contributed by atoms with Crippen LogP contribution in [0.5, 0.6) is 0 Å². The van der Waals surface area contributed by atoms with Crippen LogP contribution in [0.2, 0.25) is 0 Å². The number of guanidine groups is 1. The van der Waals surface area contributed by atoms with Crippen molar-refractivity contribution in [3.63, 3.8) is 0 Å². The second kappa shape index (κ2) is 12.4. The van der Waals surface area contributed by atoms with Crippen LogP contribution < -0.4 is 10.2 Å². The molecule has 2 heterocycles. The van der Waals surface area contributed by atoms with Crippen LogP contribution in [0.3, 0.4) is 0 Å². The van der Waals surface area contributed by atoms with Gasteiger partial charge in [0.25, 0.3) is 0 Å². The largest absolute Gasteiger partial charge is 0.375 e. The lowest BCUT2D eigenvalue weighted by Gasteiger charge is -2.23. The third-order valence-electron chi connectivity index (χ3n) is 5.24. The van der Waals surface area contributed by atoms with Gasteiger partial charge in [0.2, 0.25) is 0 Å². The van der Waals surface area contributed by atoms with E-state index in [1.807, 2.05) is 55.8 Å². The van der Waals surface area contributed by atoms with Crippen molar-refractivity contribution in [3.8, 4) is 0 Å². The standard InChI is InChI=1S/C22H33N9.HI/c1-18-26-27-21(31(18)5)15-24-22(29(3)16-19-14-25-30(4)17-19)23-12-9-13-28(2)20-10-7-6-8-11-20;/h6-8,10-11,14,17H,9,12-13,15-16H2,1-5H3,(H,23,24);1H. The van der Waals surface area contributed by atoms with Gasteiger partial charge in [0.05, 0.1) is 6.20 Å². The van der Waals surface area contributed by atoms with E-state index in [4.69, 9.17) is 4.99 Å². The third-order valence-corrected chi connectivity index (χ3v) is 5.24. The first kappa shape index (κ1) is 25.6. The molecular weight excluding hydrogens is 517 g/mol. The van der Waals surface area contributed by atoms with Crippen LogP contribution in [0.1, 0.15) is 23.6 Å². The molecule has 0 saturated heterocycles. The number of nitrogens with zero attached hydrogens (tertiary/aromatic N) is 8. The maximum absolute atomic E-state index is 4.81. The van der Waals surface area contributed by atoms with Crippen molar-refractivity contribution in [3.05, 3.63) is 59.9 Å². The predicted molar refractivity (Wildman–Crippen MR) is 139 cm³/mol. The zero-order chi connectivity index (χ0) is 22.2. The summed E-state index contributed by atoms with van der Waals surface area (Å²) in [6.45, 7) is 4.92. The lowest BCUT2D eigenvalue weighted by molar-refractivity contribution is 0.473. The fraction of sp³-hybridized carbons (Fsp3) is 0.455. The van der Waals surface area contributed by atoms with Gasteiger partial charge in [-0.2, -0.15) is 5.10 Å². The topological polar surface area (TPSA) is 79.4 Å². The van der Waals surface area contributed by atoms with Gasteiger partial charge in [-0.25, -0.2) is 4.99 Å². The Morgan fingerprint density at radius 3 is 2.50 bits per heavy atom. The van der Waals surface area contributed by atoms with E-state index in [9.17, 15) is 0 Å². The third kappa shape index (κ3) is 7.21. The van der Waals surface area contributed by atoms with E-state index in [1.54, 1.807) is 0 Å². The van der Waals surface area contributed by atoms with E-state index in [2.05, 4.69) is 61.7 Å². The monoisotopic (exact) mass is 551 g/mol. The lowest BCUT2D eigenvalue weighted by atomic mass is 10.3. The summed E-state index contributed by atoms with van der Waals surface area (Å²) >= 11 is 0. The molecule has 3 aromatic rings. The highest BCUT2D eigenvalue weighted by Crippen LogP contribution is 2.11. The molecule has 0 atom stereocenters. The second-order valence-corrected chi connectivity index (χ2v) is 7.78. The summed E-state index contributed by atoms with van der Waals surface area (Å²) in [6.07, 6.45) is 4.90. The molecular formula is C22H34IN9. The molecule has 3 rings (SSSR count). The van der Waals surface area contributed by atoms with Crippen LogP contribution in [-0.2, 0) is 27.2 Å². The molecule has 0 bridgehead atoms. The SMILES string of the molecule is Cc1nnc(CN=C(NCCCN(C)c2ccccc2)N(C)Cc2cnn(C)c2)n1C.I. The van der Waals surface area contributed by atoms with E-state index in [-0.39, 0.29) is 24.0 Å². The molecule has 0 saturated carbocycles. The Balaban J connectivity index is 0.00000363. The van der Waals surface area contributed by atoms with Gasteiger partial charge in [-0.3, -0.25) is 4.68 Å². The van der Waals surface area contributed by atoms with Crippen LogP contribution >= 0.6 is 24.0 Å². The molecule has 0 amide bonds. The number of hydrogen-bond acceptors (Lipinski definition) is 5. The highest BCUT2D eigenvalue weighted by atomic mass is 127.